The first kappa shape index (κ1) is 13.9. The summed E-state index contributed by atoms with van der Waals surface area (Å²) in [5.41, 5.74) is 6.41. The maximum absolute atomic E-state index is 11.1. The number of rotatable bonds is 4. The predicted molar refractivity (Wildman–Crippen MR) is 78.7 cm³/mol. The van der Waals surface area contributed by atoms with Crippen molar-refractivity contribution in [1.82, 2.24) is 9.97 Å². The fourth-order valence-corrected chi connectivity index (χ4v) is 1.56. The Kier molecular flexibility index (Phi) is 4.21. The first-order valence-corrected chi connectivity index (χ1v) is 6.13. The van der Waals surface area contributed by atoms with Crippen molar-refractivity contribution in [3.05, 3.63) is 42.4 Å². The summed E-state index contributed by atoms with van der Waals surface area (Å²) in [7, 11) is 0. The molecule has 0 aliphatic carbocycles. The van der Waals surface area contributed by atoms with Crippen LogP contribution in [0.2, 0.25) is 0 Å². The van der Waals surface area contributed by atoms with Gasteiger partial charge in [0.1, 0.15) is 10.7 Å². The van der Waals surface area contributed by atoms with Crippen LogP contribution in [0.3, 0.4) is 0 Å². The summed E-state index contributed by atoms with van der Waals surface area (Å²) in [6, 6.07) is 7.03. The van der Waals surface area contributed by atoms with Gasteiger partial charge in [0.05, 0.1) is 18.1 Å². The molecule has 1 heterocycles. The highest BCUT2D eigenvalue weighted by atomic mass is 32.1. The third-order valence-corrected chi connectivity index (χ3v) is 2.50. The molecule has 0 saturated heterocycles. The molecule has 0 aliphatic rings. The lowest BCUT2D eigenvalue weighted by Crippen LogP contribution is -2.12. The van der Waals surface area contributed by atoms with E-state index in [-0.39, 0.29) is 16.8 Å². The molecule has 20 heavy (non-hydrogen) atoms. The molecule has 0 saturated carbocycles. The molecule has 102 valence electrons. The van der Waals surface area contributed by atoms with Crippen molar-refractivity contribution >= 4 is 28.8 Å². The van der Waals surface area contributed by atoms with Gasteiger partial charge in [0.2, 0.25) is 11.8 Å². The molecule has 0 bridgehead atoms. The van der Waals surface area contributed by atoms with E-state index >= 15 is 0 Å². The Bertz CT molecular complexity index is 643. The van der Waals surface area contributed by atoms with E-state index in [9.17, 15) is 4.79 Å². The van der Waals surface area contributed by atoms with Gasteiger partial charge in [-0.15, -0.1) is 0 Å². The van der Waals surface area contributed by atoms with Crippen LogP contribution in [0.1, 0.15) is 12.6 Å². The van der Waals surface area contributed by atoms with E-state index in [4.69, 9.17) is 22.7 Å². The van der Waals surface area contributed by atoms with Gasteiger partial charge in [0, 0.05) is 6.92 Å². The highest BCUT2D eigenvalue weighted by Crippen LogP contribution is 2.27. The Morgan fingerprint density at radius 3 is 2.65 bits per heavy atom. The maximum atomic E-state index is 11.1. The van der Waals surface area contributed by atoms with Crippen LogP contribution < -0.4 is 15.8 Å². The molecule has 6 nitrogen and oxygen atoms in total. The smallest absolute Gasteiger partial charge is 0.237 e. The second-order valence-corrected chi connectivity index (χ2v) is 4.32. The van der Waals surface area contributed by atoms with E-state index in [0.717, 1.165) is 0 Å². The Labute approximate surface area is 121 Å². The standard InChI is InChI=1S/C13H12N4O2S/c1-8(18)17-9-4-2-3-5-11(9)19-12-7-15-10(6-16-12)13(14)20/h2-7H,1H3,(H2,14,20)(H,17,18). The van der Waals surface area contributed by atoms with Crippen LogP contribution in [-0.2, 0) is 4.79 Å². The van der Waals surface area contributed by atoms with Gasteiger partial charge in [0.15, 0.2) is 5.75 Å². The van der Waals surface area contributed by atoms with Crippen LogP contribution in [0.25, 0.3) is 0 Å². The number of thiocarbonyl (C=S) groups is 1. The Balaban J connectivity index is 2.21. The van der Waals surface area contributed by atoms with Gasteiger partial charge < -0.3 is 15.8 Å². The normalized spacial score (nSPS) is 9.85. The maximum Gasteiger partial charge on any atom is 0.237 e. The number of carbonyl (C=O) groups excluding carboxylic acids is 1. The molecule has 1 aromatic carbocycles. The monoisotopic (exact) mass is 288 g/mol. The zero-order valence-electron chi connectivity index (χ0n) is 10.7. The molecule has 1 amide bonds. The molecule has 0 atom stereocenters. The zero-order valence-corrected chi connectivity index (χ0v) is 11.5. The Morgan fingerprint density at radius 1 is 1.30 bits per heavy atom. The van der Waals surface area contributed by atoms with Crippen LogP contribution in [0, 0.1) is 0 Å². The summed E-state index contributed by atoms with van der Waals surface area (Å²) >= 11 is 4.79. The third kappa shape index (κ3) is 3.48. The molecule has 2 aromatic rings. The van der Waals surface area contributed by atoms with Gasteiger partial charge >= 0.3 is 0 Å². The van der Waals surface area contributed by atoms with E-state index in [0.29, 0.717) is 17.1 Å². The minimum atomic E-state index is -0.184. The van der Waals surface area contributed by atoms with E-state index in [2.05, 4.69) is 15.3 Å². The lowest BCUT2D eigenvalue weighted by molar-refractivity contribution is -0.114. The second-order valence-electron chi connectivity index (χ2n) is 3.88. The molecule has 0 fully saturated rings. The van der Waals surface area contributed by atoms with Crippen LogP contribution >= 0.6 is 12.2 Å². The summed E-state index contributed by atoms with van der Waals surface area (Å²) in [6.45, 7) is 1.42. The highest BCUT2D eigenvalue weighted by molar-refractivity contribution is 7.80. The fraction of sp³-hybridized carbons (Fsp3) is 0.0769. The Morgan fingerprint density at radius 2 is 2.05 bits per heavy atom. The van der Waals surface area contributed by atoms with E-state index in [1.807, 2.05) is 0 Å². The van der Waals surface area contributed by atoms with Crippen molar-refractivity contribution in [1.29, 1.82) is 0 Å². The van der Waals surface area contributed by atoms with Crippen LogP contribution in [0.5, 0.6) is 11.6 Å². The number of nitrogens with zero attached hydrogens (tertiary/aromatic N) is 2. The number of anilines is 1. The molecule has 7 heteroatoms. The highest BCUT2D eigenvalue weighted by Gasteiger charge is 2.07. The molecular formula is C13H12N4O2S. The summed E-state index contributed by atoms with van der Waals surface area (Å²) in [6.07, 6.45) is 2.84. The van der Waals surface area contributed by atoms with Crippen LogP contribution in [0.4, 0.5) is 5.69 Å². The van der Waals surface area contributed by atoms with Crippen LogP contribution in [-0.4, -0.2) is 20.9 Å². The van der Waals surface area contributed by atoms with Crippen molar-refractivity contribution in [2.24, 2.45) is 5.73 Å². The quantitative estimate of drug-likeness (QED) is 0.835. The van der Waals surface area contributed by atoms with Gasteiger partial charge in [-0.05, 0) is 12.1 Å². The molecular weight excluding hydrogens is 276 g/mol. The average Bonchev–Trinajstić information content (AvgIpc) is 2.41. The van der Waals surface area contributed by atoms with Crippen molar-refractivity contribution in [2.45, 2.75) is 6.92 Å². The van der Waals surface area contributed by atoms with Gasteiger partial charge in [0.25, 0.3) is 0 Å². The third-order valence-electron chi connectivity index (χ3n) is 2.29. The molecule has 0 aliphatic heterocycles. The zero-order chi connectivity index (χ0) is 14.5. The molecule has 0 spiro atoms. The predicted octanol–water partition coefficient (Wildman–Crippen LogP) is 1.86. The number of hydrogen-bond donors (Lipinski definition) is 2. The molecule has 2 rings (SSSR count). The van der Waals surface area contributed by atoms with Crippen molar-refractivity contribution in [2.75, 3.05) is 5.32 Å². The van der Waals surface area contributed by atoms with Gasteiger partial charge in [-0.2, -0.15) is 0 Å². The Hall–Kier alpha value is -2.54. The summed E-state index contributed by atoms with van der Waals surface area (Å²) in [5.74, 6) is 0.568. The average molecular weight is 288 g/mol. The number of ether oxygens (including phenoxy) is 1. The van der Waals surface area contributed by atoms with Crippen LogP contribution in [0.15, 0.2) is 36.7 Å². The molecule has 1 aromatic heterocycles. The van der Waals surface area contributed by atoms with E-state index < -0.39 is 0 Å². The number of benzene rings is 1. The SMILES string of the molecule is CC(=O)Nc1ccccc1Oc1cnc(C(N)=S)cn1. The fourth-order valence-electron chi connectivity index (χ4n) is 1.46. The topological polar surface area (TPSA) is 90.1 Å². The van der Waals surface area contributed by atoms with Gasteiger partial charge in [-0.1, -0.05) is 24.4 Å². The summed E-state index contributed by atoms with van der Waals surface area (Å²) < 4.78 is 5.57. The number of nitrogens with one attached hydrogen (secondary N) is 1. The number of para-hydroxylation sites is 2. The van der Waals surface area contributed by atoms with Gasteiger partial charge in [-0.3, -0.25) is 4.79 Å². The van der Waals surface area contributed by atoms with Crippen molar-refractivity contribution in [3.8, 4) is 11.6 Å². The summed E-state index contributed by atoms with van der Waals surface area (Å²) in [5, 5.41) is 2.67. The minimum Gasteiger partial charge on any atom is -0.435 e. The largest absolute Gasteiger partial charge is 0.435 e. The van der Waals surface area contributed by atoms with Crippen molar-refractivity contribution in [3.63, 3.8) is 0 Å². The van der Waals surface area contributed by atoms with E-state index in [1.54, 1.807) is 24.3 Å². The lowest BCUT2D eigenvalue weighted by atomic mass is 10.3. The van der Waals surface area contributed by atoms with E-state index in [1.165, 1.54) is 19.3 Å². The molecule has 0 unspecified atom stereocenters. The first-order valence-electron chi connectivity index (χ1n) is 5.72. The van der Waals surface area contributed by atoms with Crippen molar-refractivity contribution < 1.29 is 9.53 Å². The lowest BCUT2D eigenvalue weighted by Gasteiger charge is -2.10. The first-order chi connectivity index (χ1) is 9.56. The number of nitrogens with two attached hydrogens (primary N) is 1. The molecule has 3 N–H and O–H groups in total. The summed E-state index contributed by atoms with van der Waals surface area (Å²) in [4.78, 5) is 19.4. The number of hydrogen-bond acceptors (Lipinski definition) is 5. The number of carbonyl (C=O) groups is 1. The second kappa shape index (κ2) is 6.07. The number of amides is 1. The van der Waals surface area contributed by atoms with Gasteiger partial charge in [-0.25, -0.2) is 9.97 Å². The molecule has 0 radical (unpaired) electrons. The number of aromatic nitrogens is 2. The minimum absolute atomic E-state index is 0.169.